The minimum absolute atomic E-state index is 0.0337. The quantitative estimate of drug-likeness (QED) is 0.670. The van der Waals surface area contributed by atoms with Crippen LogP contribution in [0.15, 0.2) is 60.9 Å². The molecule has 3 aromatic rings. The molecule has 1 aliphatic rings. The number of nitrogens with zero attached hydrogens (tertiary/aromatic N) is 3. The number of nitrogens with one attached hydrogen (secondary N) is 1. The summed E-state index contributed by atoms with van der Waals surface area (Å²) in [6.07, 6.45) is 6.39. The summed E-state index contributed by atoms with van der Waals surface area (Å²) in [4.78, 5) is 19.3. The van der Waals surface area contributed by atoms with Crippen LogP contribution in [-0.4, -0.2) is 33.4 Å². The number of carbonyl (C=O) groups is 1. The molecule has 5 nitrogen and oxygen atoms in total. The van der Waals surface area contributed by atoms with Gasteiger partial charge in [0.25, 0.3) is 5.91 Å². The number of hydrogen-bond acceptors (Lipinski definition) is 3. The Morgan fingerprint density at radius 1 is 1.00 bits per heavy atom. The lowest BCUT2D eigenvalue weighted by Crippen LogP contribution is -2.23. The largest absolute Gasteiger partial charge is 0.348 e. The fourth-order valence-corrected chi connectivity index (χ4v) is 3.85. The second kappa shape index (κ2) is 9.05. The zero-order valence-electron chi connectivity index (χ0n) is 17.0. The van der Waals surface area contributed by atoms with E-state index in [4.69, 9.17) is 0 Å². The molecule has 0 atom stereocenters. The second-order valence-electron chi connectivity index (χ2n) is 7.79. The normalized spacial score (nSPS) is 14.2. The molecule has 1 amide bonds. The summed E-state index contributed by atoms with van der Waals surface area (Å²) in [5.41, 5.74) is 4.27. The van der Waals surface area contributed by atoms with Crippen LogP contribution < -0.4 is 5.32 Å². The van der Waals surface area contributed by atoms with Gasteiger partial charge in [0.1, 0.15) is 5.82 Å². The minimum atomic E-state index is -0.0337. The third kappa shape index (κ3) is 5.12. The van der Waals surface area contributed by atoms with Crippen molar-refractivity contribution in [3.05, 3.63) is 89.0 Å². The molecule has 150 valence electrons. The van der Waals surface area contributed by atoms with Crippen molar-refractivity contribution < 1.29 is 4.79 Å². The van der Waals surface area contributed by atoms with E-state index in [0.29, 0.717) is 12.1 Å². The minimum Gasteiger partial charge on any atom is -0.348 e. The molecule has 29 heavy (non-hydrogen) atoms. The molecule has 0 radical (unpaired) electrons. The van der Waals surface area contributed by atoms with Gasteiger partial charge in [-0.3, -0.25) is 9.69 Å². The predicted molar refractivity (Wildman–Crippen MR) is 115 cm³/mol. The van der Waals surface area contributed by atoms with Crippen LogP contribution in [0.25, 0.3) is 0 Å². The zero-order chi connectivity index (χ0) is 20.1. The summed E-state index contributed by atoms with van der Waals surface area (Å²) in [7, 11) is 0. The number of rotatable bonds is 7. The molecule has 1 saturated heterocycles. The molecule has 0 aliphatic carbocycles. The highest BCUT2D eigenvalue weighted by Crippen LogP contribution is 2.14. The highest BCUT2D eigenvalue weighted by Gasteiger charge is 2.12. The van der Waals surface area contributed by atoms with E-state index in [2.05, 4.69) is 44.0 Å². The first-order valence-corrected chi connectivity index (χ1v) is 10.3. The van der Waals surface area contributed by atoms with Crippen LogP contribution in [0.1, 0.15) is 45.7 Å². The SMILES string of the molecule is Cc1nccn1Cc1cccc(CNC(=O)c2ccc(CN3CCCC3)cc2)c1. The van der Waals surface area contributed by atoms with Gasteiger partial charge in [-0.25, -0.2) is 4.98 Å². The molecule has 1 fully saturated rings. The van der Waals surface area contributed by atoms with Gasteiger partial charge in [0.2, 0.25) is 0 Å². The summed E-state index contributed by atoms with van der Waals surface area (Å²) in [5, 5.41) is 3.04. The van der Waals surface area contributed by atoms with E-state index in [9.17, 15) is 4.79 Å². The number of aryl methyl sites for hydroxylation is 1. The first-order chi connectivity index (χ1) is 14.2. The Bertz CT molecular complexity index is 955. The lowest BCUT2D eigenvalue weighted by Gasteiger charge is -2.14. The van der Waals surface area contributed by atoms with Crippen LogP contribution in [0, 0.1) is 6.92 Å². The molecule has 1 aromatic heterocycles. The van der Waals surface area contributed by atoms with Gasteiger partial charge in [-0.1, -0.05) is 36.4 Å². The van der Waals surface area contributed by atoms with Crippen molar-refractivity contribution in [1.82, 2.24) is 19.8 Å². The van der Waals surface area contributed by atoms with Crippen LogP contribution in [0.2, 0.25) is 0 Å². The number of carbonyl (C=O) groups excluding carboxylic acids is 1. The maximum Gasteiger partial charge on any atom is 0.251 e. The van der Waals surface area contributed by atoms with Crippen molar-refractivity contribution >= 4 is 5.91 Å². The van der Waals surface area contributed by atoms with Crippen molar-refractivity contribution in [1.29, 1.82) is 0 Å². The maximum absolute atomic E-state index is 12.5. The number of benzene rings is 2. The van der Waals surface area contributed by atoms with Gasteiger partial charge < -0.3 is 9.88 Å². The number of hydrogen-bond donors (Lipinski definition) is 1. The molecule has 0 spiro atoms. The van der Waals surface area contributed by atoms with E-state index in [1.807, 2.05) is 43.6 Å². The highest BCUT2D eigenvalue weighted by molar-refractivity contribution is 5.94. The molecule has 0 saturated carbocycles. The summed E-state index contributed by atoms with van der Waals surface area (Å²) in [5.74, 6) is 0.963. The van der Waals surface area contributed by atoms with Gasteiger partial charge in [0.05, 0.1) is 0 Å². The first kappa shape index (κ1) is 19.4. The topological polar surface area (TPSA) is 50.2 Å². The molecular formula is C24H28N4O. The maximum atomic E-state index is 12.5. The van der Waals surface area contributed by atoms with E-state index >= 15 is 0 Å². The third-order valence-corrected chi connectivity index (χ3v) is 5.54. The Morgan fingerprint density at radius 2 is 1.76 bits per heavy atom. The van der Waals surface area contributed by atoms with Gasteiger partial charge in [-0.15, -0.1) is 0 Å². The molecule has 0 bridgehead atoms. The highest BCUT2D eigenvalue weighted by atomic mass is 16.1. The van der Waals surface area contributed by atoms with E-state index in [0.717, 1.165) is 24.5 Å². The second-order valence-corrected chi connectivity index (χ2v) is 7.79. The Hall–Kier alpha value is -2.92. The molecule has 1 aliphatic heterocycles. The van der Waals surface area contributed by atoms with Gasteiger partial charge in [-0.2, -0.15) is 0 Å². The van der Waals surface area contributed by atoms with Crippen LogP contribution in [0.3, 0.4) is 0 Å². The smallest absolute Gasteiger partial charge is 0.251 e. The lowest BCUT2D eigenvalue weighted by atomic mass is 10.1. The van der Waals surface area contributed by atoms with Crippen molar-refractivity contribution in [2.24, 2.45) is 0 Å². The van der Waals surface area contributed by atoms with Crippen LogP contribution in [0.5, 0.6) is 0 Å². The average Bonchev–Trinajstić information content (AvgIpc) is 3.39. The fourth-order valence-electron chi connectivity index (χ4n) is 3.85. The molecule has 5 heteroatoms. The van der Waals surface area contributed by atoms with Crippen LogP contribution in [-0.2, 0) is 19.6 Å². The number of amides is 1. The van der Waals surface area contributed by atoms with Crippen molar-refractivity contribution in [3.8, 4) is 0 Å². The van der Waals surface area contributed by atoms with Crippen molar-refractivity contribution in [3.63, 3.8) is 0 Å². The van der Waals surface area contributed by atoms with Crippen LogP contribution in [0.4, 0.5) is 0 Å². The Labute approximate surface area is 172 Å². The van der Waals surface area contributed by atoms with E-state index in [1.54, 1.807) is 0 Å². The Morgan fingerprint density at radius 3 is 2.48 bits per heavy atom. The van der Waals surface area contributed by atoms with Crippen molar-refractivity contribution in [2.45, 2.75) is 39.4 Å². The number of aromatic nitrogens is 2. The Balaban J connectivity index is 1.32. The summed E-state index contributed by atoms with van der Waals surface area (Å²) >= 11 is 0. The Kier molecular flexibility index (Phi) is 6.06. The first-order valence-electron chi connectivity index (χ1n) is 10.3. The molecule has 2 aromatic carbocycles. The lowest BCUT2D eigenvalue weighted by molar-refractivity contribution is 0.0951. The summed E-state index contributed by atoms with van der Waals surface area (Å²) in [6.45, 7) is 6.65. The summed E-state index contributed by atoms with van der Waals surface area (Å²) in [6, 6.07) is 16.3. The molecule has 0 unspecified atom stereocenters. The standard InChI is InChI=1S/C24H28N4O/c1-19-25-11-14-28(19)18-22-6-4-5-21(15-22)16-26-24(29)23-9-7-20(8-10-23)17-27-12-2-3-13-27/h4-11,14-15H,2-3,12-13,16-18H2,1H3,(H,26,29). The molecule has 2 heterocycles. The molecule has 4 rings (SSSR count). The number of imidazole rings is 1. The average molecular weight is 389 g/mol. The zero-order valence-corrected chi connectivity index (χ0v) is 17.0. The fraction of sp³-hybridized carbons (Fsp3) is 0.333. The van der Waals surface area contributed by atoms with Gasteiger partial charge >= 0.3 is 0 Å². The summed E-state index contributed by atoms with van der Waals surface area (Å²) < 4.78 is 2.11. The molecular weight excluding hydrogens is 360 g/mol. The van der Waals surface area contributed by atoms with Gasteiger partial charge in [-0.05, 0) is 61.7 Å². The third-order valence-electron chi connectivity index (χ3n) is 5.54. The van der Waals surface area contributed by atoms with Gasteiger partial charge in [0.15, 0.2) is 0 Å². The van der Waals surface area contributed by atoms with Crippen molar-refractivity contribution in [2.75, 3.05) is 13.1 Å². The van der Waals surface area contributed by atoms with E-state index < -0.39 is 0 Å². The van der Waals surface area contributed by atoms with E-state index in [-0.39, 0.29) is 5.91 Å². The van der Waals surface area contributed by atoms with Gasteiger partial charge in [0, 0.05) is 37.6 Å². The monoisotopic (exact) mass is 388 g/mol. The predicted octanol–water partition coefficient (Wildman–Crippen LogP) is 3.77. The van der Waals surface area contributed by atoms with Crippen LogP contribution >= 0.6 is 0 Å². The van der Waals surface area contributed by atoms with E-state index in [1.165, 1.54) is 37.1 Å². The number of likely N-dealkylation sites (tertiary alicyclic amines) is 1. The molecule has 1 N–H and O–H groups in total.